The molecule has 1 unspecified atom stereocenters. The second-order valence-electron chi connectivity index (χ2n) is 6.18. The van der Waals surface area contributed by atoms with Crippen LogP contribution in [-0.4, -0.2) is 31.1 Å². The van der Waals surface area contributed by atoms with E-state index in [-0.39, 0.29) is 28.8 Å². The Morgan fingerprint density at radius 2 is 1.75 bits per heavy atom. The molecule has 0 spiro atoms. The summed E-state index contributed by atoms with van der Waals surface area (Å²) in [5.74, 6) is 0.617. The van der Waals surface area contributed by atoms with Crippen molar-refractivity contribution in [2.24, 2.45) is 5.92 Å². The van der Waals surface area contributed by atoms with Crippen LogP contribution in [0.5, 0.6) is 11.5 Å². The van der Waals surface area contributed by atoms with Crippen molar-refractivity contribution in [1.82, 2.24) is 5.32 Å². The Bertz CT molecular complexity index is 587. The van der Waals surface area contributed by atoms with E-state index in [2.05, 4.69) is 19.2 Å². The fourth-order valence-corrected chi connectivity index (χ4v) is 2.41. The van der Waals surface area contributed by atoms with Crippen LogP contribution in [-0.2, 0) is 0 Å². The smallest absolute Gasteiger partial charge is 0.286 e. The van der Waals surface area contributed by atoms with Gasteiger partial charge in [0, 0.05) is 12.1 Å². The van der Waals surface area contributed by atoms with Gasteiger partial charge in [0.05, 0.1) is 25.2 Å². The first-order chi connectivity index (χ1) is 11.3. The van der Waals surface area contributed by atoms with E-state index in [0.717, 1.165) is 19.3 Å². The highest BCUT2D eigenvalue weighted by Gasteiger charge is 2.25. The molecule has 1 aromatic carbocycles. The maximum atomic E-state index is 12.4. The number of nitro benzene ring substituents is 1. The highest BCUT2D eigenvalue weighted by molar-refractivity contribution is 5.99. The molecule has 1 amide bonds. The van der Waals surface area contributed by atoms with Gasteiger partial charge in [0.2, 0.25) is 0 Å². The minimum atomic E-state index is -0.597. The van der Waals surface area contributed by atoms with Crippen LogP contribution in [0.25, 0.3) is 0 Å². The van der Waals surface area contributed by atoms with Gasteiger partial charge in [0.1, 0.15) is 5.56 Å². The van der Waals surface area contributed by atoms with Gasteiger partial charge in [-0.25, -0.2) is 0 Å². The molecule has 0 aliphatic heterocycles. The summed E-state index contributed by atoms with van der Waals surface area (Å²) in [6, 6.07) is 2.48. The van der Waals surface area contributed by atoms with Crippen LogP contribution in [0.2, 0.25) is 0 Å². The molecule has 7 nitrogen and oxygen atoms in total. The number of hydrogen-bond acceptors (Lipinski definition) is 5. The van der Waals surface area contributed by atoms with Gasteiger partial charge in [-0.15, -0.1) is 0 Å². The number of amides is 1. The van der Waals surface area contributed by atoms with Crippen molar-refractivity contribution >= 4 is 11.6 Å². The number of nitro groups is 1. The molecule has 7 heteroatoms. The summed E-state index contributed by atoms with van der Waals surface area (Å²) in [6.07, 6.45) is 2.90. The summed E-state index contributed by atoms with van der Waals surface area (Å²) in [5.41, 5.74) is -0.340. The van der Waals surface area contributed by atoms with Crippen LogP contribution in [0.4, 0.5) is 5.69 Å². The molecule has 1 aromatic rings. The normalized spacial score (nSPS) is 11.9. The van der Waals surface area contributed by atoms with Crippen molar-refractivity contribution in [1.29, 1.82) is 0 Å². The maximum absolute atomic E-state index is 12.4. The van der Waals surface area contributed by atoms with Crippen molar-refractivity contribution in [3.05, 3.63) is 27.8 Å². The highest BCUT2D eigenvalue weighted by Crippen LogP contribution is 2.34. The minimum Gasteiger partial charge on any atom is -0.493 e. The fraction of sp³-hybridized carbons (Fsp3) is 0.588. The van der Waals surface area contributed by atoms with Gasteiger partial charge in [-0.05, 0) is 19.3 Å². The summed E-state index contributed by atoms with van der Waals surface area (Å²) in [4.78, 5) is 23.1. The van der Waals surface area contributed by atoms with Gasteiger partial charge >= 0.3 is 0 Å². The van der Waals surface area contributed by atoms with Crippen molar-refractivity contribution in [3.8, 4) is 11.5 Å². The molecule has 0 aromatic heterocycles. The van der Waals surface area contributed by atoms with Crippen molar-refractivity contribution in [2.45, 2.75) is 46.1 Å². The molecule has 0 heterocycles. The third-order valence-electron chi connectivity index (χ3n) is 3.74. The van der Waals surface area contributed by atoms with Crippen LogP contribution >= 0.6 is 0 Å². The summed E-state index contributed by atoms with van der Waals surface area (Å²) in [6.45, 7) is 6.19. The first-order valence-corrected chi connectivity index (χ1v) is 8.01. The number of nitrogens with one attached hydrogen (secondary N) is 1. The predicted octanol–water partition coefficient (Wildman–Crippen LogP) is 3.56. The molecule has 0 aliphatic carbocycles. The van der Waals surface area contributed by atoms with E-state index in [4.69, 9.17) is 9.47 Å². The third-order valence-corrected chi connectivity index (χ3v) is 3.74. The lowest BCUT2D eigenvalue weighted by atomic mass is 10.0. The number of nitrogens with zero attached hydrogens (tertiary/aromatic N) is 1. The standard InChI is InChI=1S/C17H26N2O5/c1-11(2)7-6-8-12(3)18-17(20)13-9-15(23-4)16(24-5)10-14(13)19(21)22/h9-12H,6-8H2,1-5H3,(H,18,20). The predicted molar refractivity (Wildman–Crippen MR) is 91.8 cm³/mol. The number of carbonyl (C=O) groups excluding carboxylic acids is 1. The van der Waals surface area contributed by atoms with Gasteiger partial charge in [-0.3, -0.25) is 14.9 Å². The number of carbonyl (C=O) groups is 1. The van der Waals surface area contributed by atoms with Crippen molar-refractivity contribution < 1.29 is 19.2 Å². The molecular weight excluding hydrogens is 312 g/mol. The Morgan fingerprint density at radius 3 is 2.25 bits per heavy atom. The number of hydrogen-bond donors (Lipinski definition) is 1. The molecule has 1 atom stereocenters. The molecule has 1 N–H and O–H groups in total. The number of rotatable bonds is 9. The Kier molecular flexibility index (Phi) is 7.48. The van der Waals surface area contributed by atoms with E-state index >= 15 is 0 Å². The quantitative estimate of drug-likeness (QED) is 0.549. The van der Waals surface area contributed by atoms with Gasteiger partial charge in [0.25, 0.3) is 11.6 Å². The van der Waals surface area contributed by atoms with E-state index in [1.807, 2.05) is 6.92 Å². The Balaban J connectivity index is 2.94. The summed E-state index contributed by atoms with van der Waals surface area (Å²) >= 11 is 0. The molecule has 24 heavy (non-hydrogen) atoms. The number of methoxy groups -OCH3 is 2. The highest BCUT2D eigenvalue weighted by atomic mass is 16.6. The first kappa shape index (κ1) is 19.7. The third kappa shape index (κ3) is 5.40. The SMILES string of the molecule is COc1cc(C(=O)NC(C)CCCC(C)C)c([N+](=O)[O-])cc1OC. The minimum absolute atomic E-state index is 0.0339. The Morgan fingerprint density at radius 1 is 1.17 bits per heavy atom. The Hall–Kier alpha value is -2.31. The average Bonchev–Trinajstić information content (AvgIpc) is 2.52. The first-order valence-electron chi connectivity index (χ1n) is 8.01. The molecule has 0 aliphatic rings. The monoisotopic (exact) mass is 338 g/mol. The Labute approximate surface area is 142 Å². The maximum Gasteiger partial charge on any atom is 0.286 e. The van der Waals surface area contributed by atoms with E-state index in [1.165, 1.54) is 26.4 Å². The van der Waals surface area contributed by atoms with Crippen LogP contribution in [0.3, 0.4) is 0 Å². The van der Waals surface area contributed by atoms with Crippen molar-refractivity contribution in [3.63, 3.8) is 0 Å². The van der Waals surface area contributed by atoms with Crippen molar-refractivity contribution in [2.75, 3.05) is 14.2 Å². The topological polar surface area (TPSA) is 90.7 Å². The fourth-order valence-electron chi connectivity index (χ4n) is 2.41. The molecule has 134 valence electrons. The van der Waals surface area contributed by atoms with Gasteiger partial charge < -0.3 is 14.8 Å². The van der Waals surface area contributed by atoms with Gasteiger partial charge in [-0.1, -0.05) is 26.7 Å². The summed E-state index contributed by atoms with van der Waals surface area (Å²) in [7, 11) is 2.80. The molecule has 0 saturated heterocycles. The zero-order valence-electron chi connectivity index (χ0n) is 14.9. The molecule has 0 radical (unpaired) electrons. The zero-order chi connectivity index (χ0) is 18.3. The lowest BCUT2D eigenvalue weighted by Crippen LogP contribution is -2.33. The lowest BCUT2D eigenvalue weighted by Gasteiger charge is -2.15. The van der Waals surface area contributed by atoms with E-state index in [9.17, 15) is 14.9 Å². The molecule has 1 rings (SSSR count). The molecular formula is C17H26N2O5. The van der Waals surface area contributed by atoms with Gasteiger partial charge in [-0.2, -0.15) is 0 Å². The van der Waals surface area contributed by atoms with Crippen LogP contribution in [0.15, 0.2) is 12.1 Å². The lowest BCUT2D eigenvalue weighted by molar-refractivity contribution is -0.385. The molecule has 0 bridgehead atoms. The van der Waals surface area contributed by atoms with E-state index in [1.54, 1.807) is 0 Å². The van der Waals surface area contributed by atoms with E-state index < -0.39 is 10.8 Å². The van der Waals surface area contributed by atoms with Gasteiger partial charge in [0.15, 0.2) is 11.5 Å². The molecule has 0 fully saturated rings. The summed E-state index contributed by atoms with van der Waals surface area (Å²) in [5, 5.41) is 14.1. The van der Waals surface area contributed by atoms with Crippen LogP contribution in [0.1, 0.15) is 50.4 Å². The number of benzene rings is 1. The largest absolute Gasteiger partial charge is 0.493 e. The second-order valence-corrected chi connectivity index (χ2v) is 6.18. The zero-order valence-corrected chi connectivity index (χ0v) is 14.9. The average molecular weight is 338 g/mol. The van der Waals surface area contributed by atoms with E-state index in [0.29, 0.717) is 5.92 Å². The second kappa shape index (κ2) is 9.10. The van der Waals surface area contributed by atoms with Crippen LogP contribution < -0.4 is 14.8 Å². The summed E-state index contributed by atoms with van der Waals surface area (Å²) < 4.78 is 10.2. The molecule has 0 saturated carbocycles. The number of ether oxygens (including phenoxy) is 2. The van der Waals surface area contributed by atoms with Crippen LogP contribution in [0, 0.1) is 16.0 Å².